The second-order valence-corrected chi connectivity index (χ2v) is 5.22. The van der Waals surface area contributed by atoms with E-state index in [2.05, 4.69) is 19.1 Å². The lowest BCUT2D eigenvalue weighted by Gasteiger charge is -2.17. The maximum atomic E-state index is 12.3. The van der Waals surface area contributed by atoms with E-state index in [1.54, 1.807) is 0 Å². The van der Waals surface area contributed by atoms with E-state index in [1.807, 2.05) is 49.4 Å². The number of nitrogens with two attached hydrogens (primary N) is 1. The molecule has 0 aliphatic heterocycles. The van der Waals surface area contributed by atoms with Gasteiger partial charge < -0.3 is 5.73 Å². The zero-order valence-corrected chi connectivity index (χ0v) is 12.0. The Morgan fingerprint density at radius 2 is 1.55 bits per heavy atom. The molecule has 0 aliphatic carbocycles. The number of rotatable bonds is 5. The van der Waals surface area contributed by atoms with Gasteiger partial charge in [-0.2, -0.15) is 0 Å². The van der Waals surface area contributed by atoms with Crippen LogP contribution in [0, 0.1) is 5.92 Å². The fourth-order valence-corrected chi connectivity index (χ4v) is 2.16. The molecule has 2 N–H and O–H groups in total. The van der Waals surface area contributed by atoms with Crippen LogP contribution in [0.1, 0.15) is 30.6 Å². The largest absolute Gasteiger partial charge is 0.321 e. The minimum Gasteiger partial charge on any atom is -0.321 e. The first-order valence-electron chi connectivity index (χ1n) is 7.08. The first kappa shape index (κ1) is 14.5. The maximum Gasteiger partial charge on any atom is 0.179 e. The predicted molar refractivity (Wildman–Crippen MR) is 83.6 cm³/mol. The SMILES string of the molecule is CCC(C)C(N)C(=O)c1ccc(-c2ccccc2)cc1. The molecule has 2 aromatic rings. The van der Waals surface area contributed by atoms with Crippen molar-refractivity contribution in [2.45, 2.75) is 26.3 Å². The monoisotopic (exact) mass is 267 g/mol. The van der Waals surface area contributed by atoms with Crippen LogP contribution in [0.4, 0.5) is 0 Å². The van der Waals surface area contributed by atoms with Crippen molar-refractivity contribution in [1.29, 1.82) is 0 Å². The van der Waals surface area contributed by atoms with Gasteiger partial charge in [0.05, 0.1) is 6.04 Å². The lowest BCUT2D eigenvalue weighted by molar-refractivity contribution is 0.0935. The minimum atomic E-state index is -0.414. The number of hydrogen-bond donors (Lipinski definition) is 1. The van der Waals surface area contributed by atoms with Crippen molar-refractivity contribution in [1.82, 2.24) is 0 Å². The third-order valence-electron chi connectivity index (χ3n) is 3.84. The van der Waals surface area contributed by atoms with Gasteiger partial charge in [-0.25, -0.2) is 0 Å². The van der Waals surface area contributed by atoms with Gasteiger partial charge in [-0.1, -0.05) is 74.9 Å². The minimum absolute atomic E-state index is 0.0268. The smallest absolute Gasteiger partial charge is 0.179 e. The molecular weight excluding hydrogens is 246 g/mol. The number of hydrogen-bond acceptors (Lipinski definition) is 2. The average molecular weight is 267 g/mol. The molecular formula is C18H21NO. The Hall–Kier alpha value is -1.93. The van der Waals surface area contributed by atoms with Crippen LogP contribution in [-0.4, -0.2) is 11.8 Å². The number of Topliss-reactive ketones (excluding diaryl/α,β-unsaturated/α-hetero) is 1. The van der Waals surface area contributed by atoms with E-state index < -0.39 is 6.04 Å². The Morgan fingerprint density at radius 1 is 1.00 bits per heavy atom. The highest BCUT2D eigenvalue weighted by atomic mass is 16.1. The highest BCUT2D eigenvalue weighted by molar-refractivity contribution is 6.00. The molecule has 2 rings (SSSR count). The van der Waals surface area contributed by atoms with E-state index in [4.69, 9.17) is 5.73 Å². The summed E-state index contributed by atoms with van der Waals surface area (Å²) in [5, 5.41) is 0. The molecule has 0 saturated carbocycles. The van der Waals surface area contributed by atoms with Crippen molar-refractivity contribution in [3.63, 3.8) is 0 Å². The van der Waals surface area contributed by atoms with Gasteiger partial charge in [0.25, 0.3) is 0 Å². The molecule has 0 fully saturated rings. The van der Waals surface area contributed by atoms with Gasteiger partial charge >= 0.3 is 0 Å². The molecule has 0 amide bonds. The highest BCUT2D eigenvalue weighted by Crippen LogP contribution is 2.20. The van der Waals surface area contributed by atoms with Crippen molar-refractivity contribution >= 4 is 5.78 Å². The highest BCUT2D eigenvalue weighted by Gasteiger charge is 2.20. The molecule has 0 aliphatic rings. The Bertz CT molecular complexity index is 560. The van der Waals surface area contributed by atoms with Gasteiger partial charge in [0.15, 0.2) is 5.78 Å². The Kier molecular flexibility index (Phi) is 4.70. The third kappa shape index (κ3) is 3.14. The van der Waals surface area contributed by atoms with E-state index in [9.17, 15) is 4.79 Å². The number of ketones is 1. The molecule has 2 aromatic carbocycles. The average Bonchev–Trinajstić information content (AvgIpc) is 2.53. The summed E-state index contributed by atoms with van der Waals surface area (Å²) in [6.07, 6.45) is 0.912. The van der Waals surface area contributed by atoms with Crippen molar-refractivity contribution in [2.75, 3.05) is 0 Å². The standard InChI is InChI=1S/C18H21NO/c1-3-13(2)17(19)18(20)16-11-9-15(10-12-16)14-7-5-4-6-8-14/h4-13,17H,3,19H2,1-2H3. The fourth-order valence-electron chi connectivity index (χ4n) is 2.16. The summed E-state index contributed by atoms with van der Waals surface area (Å²) in [6, 6.07) is 17.4. The van der Waals surface area contributed by atoms with Crippen LogP contribution < -0.4 is 5.73 Å². The molecule has 0 aromatic heterocycles. The second-order valence-electron chi connectivity index (χ2n) is 5.22. The Labute approximate surface area is 120 Å². The summed E-state index contributed by atoms with van der Waals surface area (Å²) in [5.74, 6) is 0.232. The summed E-state index contributed by atoms with van der Waals surface area (Å²) in [5.41, 5.74) is 8.96. The molecule has 2 heteroatoms. The lowest BCUT2D eigenvalue weighted by atomic mass is 9.92. The molecule has 0 radical (unpaired) electrons. The van der Waals surface area contributed by atoms with Crippen LogP contribution in [0.15, 0.2) is 54.6 Å². The van der Waals surface area contributed by atoms with Crippen LogP contribution in [0.25, 0.3) is 11.1 Å². The van der Waals surface area contributed by atoms with Gasteiger partial charge in [-0.15, -0.1) is 0 Å². The normalized spacial score (nSPS) is 13.8. The number of carbonyl (C=O) groups is 1. The van der Waals surface area contributed by atoms with Gasteiger partial charge in [0.1, 0.15) is 0 Å². The van der Waals surface area contributed by atoms with Gasteiger partial charge in [0, 0.05) is 5.56 Å². The van der Waals surface area contributed by atoms with E-state index in [0.717, 1.165) is 17.5 Å². The fraction of sp³-hybridized carbons (Fsp3) is 0.278. The van der Waals surface area contributed by atoms with Crippen LogP contribution in [-0.2, 0) is 0 Å². The van der Waals surface area contributed by atoms with Crippen molar-refractivity contribution in [3.8, 4) is 11.1 Å². The van der Waals surface area contributed by atoms with Crippen LogP contribution in [0.3, 0.4) is 0 Å². The maximum absolute atomic E-state index is 12.3. The molecule has 104 valence electrons. The number of carbonyl (C=O) groups excluding carboxylic acids is 1. The van der Waals surface area contributed by atoms with Crippen LogP contribution >= 0.6 is 0 Å². The van der Waals surface area contributed by atoms with Crippen molar-refractivity contribution < 1.29 is 4.79 Å². The zero-order chi connectivity index (χ0) is 14.5. The Balaban J connectivity index is 2.18. The lowest BCUT2D eigenvalue weighted by Crippen LogP contribution is -2.36. The summed E-state index contributed by atoms with van der Waals surface area (Å²) in [7, 11) is 0. The zero-order valence-electron chi connectivity index (χ0n) is 12.0. The summed E-state index contributed by atoms with van der Waals surface area (Å²) in [4.78, 5) is 12.3. The molecule has 2 nitrogen and oxygen atoms in total. The van der Waals surface area contributed by atoms with Crippen LogP contribution in [0.2, 0.25) is 0 Å². The molecule has 0 spiro atoms. The molecule has 0 saturated heterocycles. The van der Waals surface area contributed by atoms with Crippen molar-refractivity contribution in [2.24, 2.45) is 11.7 Å². The Morgan fingerprint density at radius 3 is 2.10 bits per heavy atom. The summed E-state index contributed by atoms with van der Waals surface area (Å²) < 4.78 is 0. The van der Waals surface area contributed by atoms with Crippen molar-refractivity contribution in [3.05, 3.63) is 60.2 Å². The topological polar surface area (TPSA) is 43.1 Å². The molecule has 2 atom stereocenters. The molecule has 0 bridgehead atoms. The first-order chi connectivity index (χ1) is 9.63. The first-order valence-corrected chi connectivity index (χ1v) is 7.08. The molecule has 0 heterocycles. The molecule has 20 heavy (non-hydrogen) atoms. The number of benzene rings is 2. The van der Waals surface area contributed by atoms with E-state index in [0.29, 0.717) is 5.56 Å². The van der Waals surface area contributed by atoms with E-state index in [-0.39, 0.29) is 11.7 Å². The van der Waals surface area contributed by atoms with Crippen LogP contribution in [0.5, 0.6) is 0 Å². The van der Waals surface area contributed by atoms with Gasteiger partial charge in [-0.3, -0.25) is 4.79 Å². The molecule has 2 unspecified atom stereocenters. The van der Waals surface area contributed by atoms with Gasteiger partial charge in [0.2, 0.25) is 0 Å². The van der Waals surface area contributed by atoms with E-state index >= 15 is 0 Å². The quantitative estimate of drug-likeness (QED) is 0.835. The van der Waals surface area contributed by atoms with E-state index in [1.165, 1.54) is 0 Å². The predicted octanol–water partition coefficient (Wildman–Crippen LogP) is 3.91. The second kappa shape index (κ2) is 6.49. The summed E-state index contributed by atoms with van der Waals surface area (Å²) in [6.45, 7) is 4.07. The summed E-state index contributed by atoms with van der Waals surface area (Å²) >= 11 is 0. The third-order valence-corrected chi connectivity index (χ3v) is 3.84. The van der Waals surface area contributed by atoms with Gasteiger partial charge in [-0.05, 0) is 17.0 Å².